The summed E-state index contributed by atoms with van der Waals surface area (Å²) in [6.45, 7) is 0. The van der Waals surface area contributed by atoms with Crippen LogP contribution >= 0.6 is 0 Å². The Morgan fingerprint density at radius 1 is 0.328 bits per heavy atom. The monoisotopic (exact) mass is 854 g/mol. The average Bonchev–Trinajstić information content (AvgIpc) is 4.06. The lowest BCUT2D eigenvalue weighted by molar-refractivity contribution is 0.651. The van der Waals surface area contributed by atoms with Gasteiger partial charge in [0.05, 0.1) is 33.1 Å². The minimum atomic E-state index is 0.553. The first kappa shape index (κ1) is 37.3. The van der Waals surface area contributed by atoms with Crippen LogP contribution < -0.4 is 0 Å². The molecule has 5 nitrogen and oxygen atoms in total. The molecule has 0 amide bonds. The molecule has 0 unspecified atom stereocenters. The van der Waals surface area contributed by atoms with E-state index >= 15 is 0 Å². The van der Waals surface area contributed by atoms with Gasteiger partial charge in [-0.1, -0.05) is 176 Å². The van der Waals surface area contributed by atoms with Crippen molar-refractivity contribution in [1.82, 2.24) is 19.1 Å². The molecule has 0 saturated heterocycles. The van der Waals surface area contributed by atoms with Crippen molar-refractivity contribution in [2.45, 2.75) is 0 Å². The zero-order valence-electron chi connectivity index (χ0n) is 36.1. The largest absolute Gasteiger partial charge is 0.437 e. The number of hydrogen-bond acceptors (Lipinski definition) is 3. The first-order chi connectivity index (χ1) is 33.2. The standard InChI is InChI=1S/C62H38N4O/c1-3-15-39(16-4-1)46-24-13-17-41-18-14-25-47(58(41)46)40-29-31-42(32-30-40)60-59-50-23-9-12-28-57(50)67-61(59)64-62(63-60)66-54-27-11-8-22-49(54)52-38-44(34-36-56(52)66)43-33-35-55-51(37-43)48-21-7-10-26-53(48)65(55)45-19-5-2-6-20-45/h1-38H. The molecule has 4 aromatic heterocycles. The van der Waals surface area contributed by atoms with Gasteiger partial charge in [-0.15, -0.1) is 0 Å². The zero-order chi connectivity index (χ0) is 44.0. The molecule has 0 bridgehead atoms. The summed E-state index contributed by atoms with van der Waals surface area (Å²) >= 11 is 0. The van der Waals surface area contributed by atoms with E-state index < -0.39 is 0 Å². The molecule has 67 heavy (non-hydrogen) atoms. The summed E-state index contributed by atoms with van der Waals surface area (Å²) in [5.41, 5.74) is 15.8. The molecule has 0 N–H and O–H groups in total. The molecular formula is C62H38N4O. The first-order valence-corrected chi connectivity index (χ1v) is 22.7. The minimum absolute atomic E-state index is 0.553. The summed E-state index contributed by atoms with van der Waals surface area (Å²) in [4.78, 5) is 10.7. The van der Waals surface area contributed by atoms with Crippen molar-refractivity contribution < 1.29 is 4.42 Å². The summed E-state index contributed by atoms with van der Waals surface area (Å²) in [6.07, 6.45) is 0. The van der Waals surface area contributed by atoms with Crippen molar-refractivity contribution in [2.75, 3.05) is 0 Å². The molecular weight excluding hydrogens is 817 g/mol. The fourth-order valence-electron chi connectivity index (χ4n) is 10.5. The molecule has 5 heteroatoms. The second kappa shape index (κ2) is 14.7. The van der Waals surface area contributed by atoms with Crippen molar-refractivity contribution in [1.29, 1.82) is 0 Å². The predicted octanol–water partition coefficient (Wildman–Crippen LogP) is 16.4. The molecule has 4 heterocycles. The van der Waals surface area contributed by atoms with Gasteiger partial charge in [0.1, 0.15) is 5.58 Å². The smallest absolute Gasteiger partial charge is 0.238 e. The van der Waals surface area contributed by atoms with Gasteiger partial charge >= 0.3 is 0 Å². The molecule has 0 radical (unpaired) electrons. The molecule has 14 aromatic rings. The van der Waals surface area contributed by atoms with E-state index in [1.54, 1.807) is 0 Å². The van der Waals surface area contributed by atoms with Crippen LogP contribution in [0.3, 0.4) is 0 Å². The number of aromatic nitrogens is 4. The Kier molecular flexibility index (Phi) is 8.21. The fraction of sp³-hybridized carbons (Fsp3) is 0. The Balaban J connectivity index is 0.925. The van der Waals surface area contributed by atoms with Crippen molar-refractivity contribution in [2.24, 2.45) is 0 Å². The van der Waals surface area contributed by atoms with E-state index in [9.17, 15) is 0 Å². The molecule has 0 spiro atoms. The van der Waals surface area contributed by atoms with Gasteiger partial charge in [0, 0.05) is 38.2 Å². The van der Waals surface area contributed by atoms with Crippen LogP contribution in [0.25, 0.3) is 133 Å². The van der Waals surface area contributed by atoms with Crippen LogP contribution in [0.5, 0.6) is 0 Å². The molecule has 14 rings (SSSR count). The van der Waals surface area contributed by atoms with Crippen LogP contribution in [0, 0.1) is 0 Å². The molecule has 0 aliphatic heterocycles. The van der Waals surface area contributed by atoms with Gasteiger partial charge in [0.2, 0.25) is 11.7 Å². The van der Waals surface area contributed by atoms with Crippen molar-refractivity contribution in [3.05, 3.63) is 231 Å². The predicted molar refractivity (Wildman–Crippen MR) is 277 cm³/mol. The highest BCUT2D eigenvalue weighted by molar-refractivity contribution is 6.14. The molecule has 0 saturated carbocycles. The number of furan rings is 1. The number of para-hydroxylation sites is 4. The number of benzene rings is 10. The highest BCUT2D eigenvalue weighted by Crippen LogP contribution is 2.42. The maximum atomic E-state index is 6.58. The van der Waals surface area contributed by atoms with Crippen molar-refractivity contribution in [3.8, 4) is 56.3 Å². The SMILES string of the molecule is c1ccc(-c2cccc3cccc(-c4ccc(-c5nc(-n6c7ccccc7c7cc(-c8ccc9c(c8)c8ccccc8n9-c8ccccc8)ccc76)nc6oc7ccccc7c56)cc4)c23)cc1. The number of hydrogen-bond donors (Lipinski definition) is 0. The van der Waals surface area contributed by atoms with Crippen LogP contribution in [0.1, 0.15) is 0 Å². The molecule has 312 valence electrons. The van der Waals surface area contributed by atoms with Crippen molar-refractivity contribution in [3.63, 3.8) is 0 Å². The van der Waals surface area contributed by atoms with Gasteiger partial charge < -0.3 is 8.98 Å². The zero-order valence-corrected chi connectivity index (χ0v) is 36.1. The Morgan fingerprint density at radius 2 is 0.836 bits per heavy atom. The summed E-state index contributed by atoms with van der Waals surface area (Å²) in [5.74, 6) is 0.557. The third kappa shape index (κ3) is 5.81. The van der Waals surface area contributed by atoms with E-state index in [2.05, 4.69) is 221 Å². The van der Waals surface area contributed by atoms with Crippen LogP contribution in [-0.4, -0.2) is 19.1 Å². The van der Waals surface area contributed by atoms with E-state index in [1.165, 1.54) is 49.3 Å². The third-order valence-corrected chi connectivity index (χ3v) is 13.6. The van der Waals surface area contributed by atoms with E-state index in [0.717, 1.165) is 71.8 Å². The second-order valence-corrected chi connectivity index (χ2v) is 17.3. The highest BCUT2D eigenvalue weighted by Gasteiger charge is 2.22. The Hall–Kier alpha value is -9.06. The number of nitrogens with zero attached hydrogens (tertiary/aromatic N) is 4. The normalized spacial score (nSPS) is 11.9. The Labute approximate surface area is 385 Å². The average molecular weight is 855 g/mol. The molecule has 0 aliphatic rings. The van der Waals surface area contributed by atoms with Crippen LogP contribution in [0.15, 0.2) is 235 Å². The van der Waals surface area contributed by atoms with E-state index in [1.807, 2.05) is 18.2 Å². The van der Waals surface area contributed by atoms with E-state index in [0.29, 0.717) is 11.7 Å². The summed E-state index contributed by atoms with van der Waals surface area (Å²) in [7, 11) is 0. The van der Waals surface area contributed by atoms with Gasteiger partial charge in [-0.05, 0) is 98.8 Å². The number of rotatable bonds is 6. The minimum Gasteiger partial charge on any atom is -0.437 e. The van der Waals surface area contributed by atoms with Gasteiger partial charge in [-0.2, -0.15) is 4.98 Å². The van der Waals surface area contributed by atoms with Crippen LogP contribution in [0.4, 0.5) is 0 Å². The maximum Gasteiger partial charge on any atom is 0.238 e. The molecule has 0 atom stereocenters. The van der Waals surface area contributed by atoms with Crippen molar-refractivity contribution >= 4 is 76.5 Å². The van der Waals surface area contributed by atoms with E-state index in [4.69, 9.17) is 14.4 Å². The van der Waals surface area contributed by atoms with Gasteiger partial charge in [0.15, 0.2) is 0 Å². The quantitative estimate of drug-likeness (QED) is 0.167. The van der Waals surface area contributed by atoms with Crippen LogP contribution in [0.2, 0.25) is 0 Å². The highest BCUT2D eigenvalue weighted by atomic mass is 16.3. The number of fused-ring (bicyclic) bond motifs is 10. The Bertz CT molecular complexity index is 4250. The van der Waals surface area contributed by atoms with Crippen LogP contribution in [-0.2, 0) is 0 Å². The molecule has 10 aromatic carbocycles. The van der Waals surface area contributed by atoms with Gasteiger partial charge in [-0.25, -0.2) is 4.98 Å². The Morgan fingerprint density at radius 3 is 1.51 bits per heavy atom. The summed E-state index contributed by atoms with van der Waals surface area (Å²) in [5, 5.41) is 9.05. The summed E-state index contributed by atoms with van der Waals surface area (Å²) in [6, 6.07) is 82.3. The fourth-order valence-corrected chi connectivity index (χ4v) is 10.5. The lowest BCUT2D eigenvalue weighted by Gasteiger charge is -2.13. The third-order valence-electron chi connectivity index (χ3n) is 13.6. The second-order valence-electron chi connectivity index (χ2n) is 17.3. The molecule has 0 fully saturated rings. The van der Waals surface area contributed by atoms with E-state index in [-0.39, 0.29) is 0 Å². The lowest BCUT2D eigenvalue weighted by atomic mass is 9.91. The summed E-state index contributed by atoms with van der Waals surface area (Å²) < 4.78 is 11.1. The lowest BCUT2D eigenvalue weighted by Crippen LogP contribution is -2.02. The van der Waals surface area contributed by atoms with Gasteiger partial charge in [0.25, 0.3) is 0 Å². The maximum absolute atomic E-state index is 6.58. The van der Waals surface area contributed by atoms with Gasteiger partial charge in [-0.3, -0.25) is 4.57 Å². The first-order valence-electron chi connectivity index (χ1n) is 22.7. The topological polar surface area (TPSA) is 48.8 Å². The molecule has 0 aliphatic carbocycles.